The molecule has 0 bridgehead atoms. The number of ether oxygens (including phenoxy) is 1. The van der Waals surface area contributed by atoms with Crippen LogP contribution in [-0.4, -0.2) is 4.57 Å². The van der Waals surface area contributed by atoms with E-state index in [4.69, 9.17) is 16.3 Å². The van der Waals surface area contributed by atoms with Crippen LogP contribution in [0.2, 0.25) is 5.02 Å². The van der Waals surface area contributed by atoms with Gasteiger partial charge < -0.3 is 9.30 Å². The van der Waals surface area contributed by atoms with Gasteiger partial charge >= 0.3 is 0 Å². The van der Waals surface area contributed by atoms with E-state index in [0.717, 1.165) is 36.9 Å². The number of pyridine rings is 1. The summed E-state index contributed by atoms with van der Waals surface area (Å²) >= 11 is 5.98. The summed E-state index contributed by atoms with van der Waals surface area (Å²) < 4.78 is 8.04. The number of aromatic nitrogens is 1. The number of nitrogens with zero attached hydrogens (tertiary/aromatic N) is 1. The molecule has 1 aromatic heterocycles. The zero-order valence-corrected chi connectivity index (χ0v) is 14.8. The second-order valence-corrected chi connectivity index (χ2v) is 6.70. The lowest BCUT2D eigenvalue weighted by molar-refractivity contribution is 0.465. The van der Waals surface area contributed by atoms with Crippen molar-refractivity contribution in [1.29, 1.82) is 0 Å². The maximum absolute atomic E-state index is 12.5. The van der Waals surface area contributed by atoms with Crippen molar-refractivity contribution in [2.75, 3.05) is 0 Å². The molecule has 1 aliphatic carbocycles. The van der Waals surface area contributed by atoms with Gasteiger partial charge in [0.1, 0.15) is 5.75 Å². The van der Waals surface area contributed by atoms with E-state index in [0.29, 0.717) is 22.6 Å². The number of hydrogen-bond acceptors (Lipinski definition) is 2. The second kappa shape index (κ2) is 7.27. The number of hydrogen-bond donors (Lipinski definition) is 0. The van der Waals surface area contributed by atoms with Gasteiger partial charge in [0.05, 0.1) is 6.20 Å². The highest BCUT2D eigenvalue weighted by atomic mass is 35.5. The van der Waals surface area contributed by atoms with Crippen LogP contribution in [0.5, 0.6) is 11.5 Å². The molecule has 2 aromatic rings. The van der Waals surface area contributed by atoms with Crippen LogP contribution in [-0.2, 0) is 0 Å². The van der Waals surface area contributed by atoms with E-state index in [2.05, 4.69) is 17.6 Å². The van der Waals surface area contributed by atoms with Crippen molar-refractivity contribution in [3.63, 3.8) is 0 Å². The van der Waals surface area contributed by atoms with Crippen molar-refractivity contribution in [3.8, 4) is 11.5 Å². The van der Waals surface area contributed by atoms with Crippen LogP contribution in [0.4, 0.5) is 0 Å². The summed E-state index contributed by atoms with van der Waals surface area (Å²) in [5.74, 6) is 1.02. The van der Waals surface area contributed by atoms with E-state index in [1.54, 1.807) is 18.2 Å². The van der Waals surface area contributed by atoms with Crippen molar-refractivity contribution in [3.05, 3.63) is 63.0 Å². The van der Waals surface area contributed by atoms with Crippen LogP contribution in [0.1, 0.15) is 49.9 Å². The maximum Gasteiger partial charge on any atom is 0.224 e. The van der Waals surface area contributed by atoms with E-state index < -0.39 is 0 Å². The average molecular weight is 344 g/mol. The molecule has 1 aliphatic rings. The van der Waals surface area contributed by atoms with Gasteiger partial charge in [0, 0.05) is 22.8 Å². The summed E-state index contributed by atoms with van der Waals surface area (Å²) in [5.41, 5.74) is 1.76. The lowest BCUT2D eigenvalue weighted by Crippen LogP contribution is -2.11. The first kappa shape index (κ1) is 16.8. The molecule has 0 spiro atoms. The number of benzene rings is 1. The third-order valence-electron chi connectivity index (χ3n) is 4.12. The minimum Gasteiger partial charge on any atom is -0.451 e. The van der Waals surface area contributed by atoms with E-state index >= 15 is 0 Å². The zero-order chi connectivity index (χ0) is 17.1. The van der Waals surface area contributed by atoms with Crippen molar-refractivity contribution >= 4 is 17.7 Å². The second-order valence-electron chi connectivity index (χ2n) is 6.27. The van der Waals surface area contributed by atoms with E-state index in [1.807, 2.05) is 25.3 Å². The van der Waals surface area contributed by atoms with E-state index in [-0.39, 0.29) is 5.43 Å². The number of halogens is 1. The first-order valence-corrected chi connectivity index (χ1v) is 8.83. The van der Waals surface area contributed by atoms with Crippen molar-refractivity contribution in [2.45, 2.75) is 45.6 Å². The summed E-state index contributed by atoms with van der Waals surface area (Å²) in [4.78, 5) is 12.5. The van der Waals surface area contributed by atoms with Gasteiger partial charge in [-0.15, -0.1) is 0 Å². The molecule has 4 heteroatoms. The molecule has 126 valence electrons. The molecular weight excluding hydrogens is 322 g/mol. The van der Waals surface area contributed by atoms with Gasteiger partial charge in [-0.2, -0.15) is 0 Å². The molecule has 1 saturated carbocycles. The Kier molecular flexibility index (Phi) is 5.10. The summed E-state index contributed by atoms with van der Waals surface area (Å²) in [7, 11) is 0. The Morgan fingerprint density at radius 2 is 2.08 bits per heavy atom. The summed E-state index contributed by atoms with van der Waals surface area (Å²) in [5, 5.41) is 0.659. The fraction of sp³-hybridized carbons (Fsp3) is 0.350. The average Bonchev–Trinajstić information content (AvgIpc) is 3.37. The molecule has 0 unspecified atom stereocenters. The molecule has 0 saturated heterocycles. The van der Waals surface area contributed by atoms with Crippen LogP contribution < -0.4 is 10.2 Å². The molecule has 3 rings (SSSR count). The molecule has 24 heavy (non-hydrogen) atoms. The fourth-order valence-electron chi connectivity index (χ4n) is 2.64. The molecule has 0 radical (unpaired) electrons. The SMILES string of the molecule is CCCC=Cc1cc(=O)c(Oc2ccc(Cl)cc2C)cn1C1CC1. The van der Waals surface area contributed by atoms with Crippen LogP contribution >= 0.6 is 11.6 Å². The van der Waals surface area contributed by atoms with Gasteiger partial charge in [0.25, 0.3) is 0 Å². The first-order valence-electron chi connectivity index (χ1n) is 8.45. The van der Waals surface area contributed by atoms with Crippen LogP contribution in [0.25, 0.3) is 6.08 Å². The Bertz CT molecular complexity index is 819. The molecule has 0 N–H and O–H groups in total. The Balaban J connectivity index is 1.94. The number of allylic oxidation sites excluding steroid dienone is 1. The largest absolute Gasteiger partial charge is 0.451 e. The van der Waals surface area contributed by atoms with Gasteiger partial charge in [-0.3, -0.25) is 4.79 Å². The Morgan fingerprint density at radius 3 is 2.75 bits per heavy atom. The fourth-order valence-corrected chi connectivity index (χ4v) is 2.87. The summed E-state index contributed by atoms with van der Waals surface area (Å²) in [6.07, 6.45) is 10.4. The maximum atomic E-state index is 12.5. The van der Waals surface area contributed by atoms with Gasteiger partial charge in [-0.1, -0.05) is 31.0 Å². The highest BCUT2D eigenvalue weighted by Crippen LogP contribution is 2.37. The monoisotopic (exact) mass is 343 g/mol. The molecule has 0 atom stereocenters. The van der Waals surface area contributed by atoms with Crippen molar-refractivity contribution in [1.82, 2.24) is 4.57 Å². The van der Waals surface area contributed by atoms with Crippen LogP contribution in [0.15, 0.2) is 41.3 Å². The minimum atomic E-state index is -0.0996. The van der Waals surface area contributed by atoms with Gasteiger partial charge in [-0.05, 0) is 56.0 Å². The standard InChI is InChI=1S/C20H22ClNO2/c1-3-4-5-6-17-12-18(23)20(13-22(17)16-8-9-16)24-19-10-7-15(21)11-14(19)2/h5-7,10-13,16H,3-4,8-9H2,1-2H3. The zero-order valence-electron chi connectivity index (χ0n) is 14.1. The Labute approximate surface area is 147 Å². The Morgan fingerprint density at radius 1 is 1.29 bits per heavy atom. The molecular formula is C20H22ClNO2. The van der Waals surface area contributed by atoms with Crippen molar-refractivity contribution < 1.29 is 4.74 Å². The predicted octanol–water partition coefficient (Wildman–Crippen LogP) is 5.75. The number of aryl methyl sites for hydroxylation is 1. The molecule has 1 heterocycles. The van der Waals surface area contributed by atoms with Gasteiger partial charge in [0.15, 0.2) is 5.75 Å². The Hall–Kier alpha value is -2.00. The quantitative estimate of drug-likeness (QED) is 0.668. The molecule has 3 nitrogen and oxygen atoms in total. The first-order chi connectivity index (χ1) is 11.6. The molecule has 1 aromatic carbocycles. The third kappa shape index (κ3) is 3.90. The smallest absolute Gasteiger partial charge is 0.224 e. The molecule has 1 fully saturated rings. The van der Waals surface area contributed by atoms with Gasteiger partial charge in [-0.25, -0.2) is 0 Å². The summed E-state index contributed by atoms with van der Waals surface area (Å²) in [6.45, 7) is 4.06. The van der Waals surface area contributed by atoms with Gasteiger partial charge in [0.2, 0.25) is 5.43 Å². The van der Waals surface area contributed by atoms with E-state index in [9.17, 15) is 4.79 Å². The number of unbranched alkanes of at least 4 members (excludes halogenated alkanes) is 1. The third-order valence-corrected chi connectivity index (χ3v) is 4.35. The highest BCUT2D eigenvalue weighted by Gasteiger charge is 2.25. The minimum absolute atomic E-state index is 0.0996. The molecule has 0 amide bonds. The predicted molar refractivity (Wildman–Crippen MR) is 99.2 cm³/mol. The lowest BCUT2D eigenvalue weighted by Gasteiger charge is -2.14. The van der Waals surface area contributed by atoms with Crippen LogP contribution in [0.3, 0.4) is 0 Å². The number of rotatable bonds is 6. The lowest BCUT2D eigenvalue weighted by atomic mass is 10.2. The van der Waals surface area contributed by atoms with Crippen LogP contribution in [0, 0.1) is 6.92 Å². The topological polar surface area (TPSA) is 31.2 Å². The highest BCUT2D eigenvalue weighted by molar-refractivity contribution is 6.30. The summed E-state index contributed by atoms with van der Waals surface area (Å²) in [6, 6.07) is 7.54. The van der Waals surface area contributed by atoms with E-state index in [1.165, 1.54) is 0 Å². The molecule has 0 aliphatic heterocycles. The van der Waals surface area contributed by atoms with Crippen molar-refractivity contribution in [2.24, 2.45) is 0 Å². The normalized spacial score (nSPS) is 14.3.